The van der Waals surface area contributed by atoms with E-state index in [-0.39, 0.29) is 0 Å². The molecule has 112 valence electrons. The van der Waals surface area contributed by atoms with E-state index in [1.165, 1.54) is 70.6 Å². The maximum absolute atomic E-state index is 1.54. The smallest absolute Gasteiger partial charge is 0.0414 e. The standard InChI is InChI=1S/C19H36/c1(2-6-12-18-14-8-4-9-15-18)3-7-13-19-16-10-5-11-17-19/h18-19H,1-17H2. The first-order valence-electron chi connectivity index (χ1n) is 9.45. The molecule has 0 atom stereocenters. The third-order valence-electron chi connectivity index (χ3n) is 5.67. The maximum atomic E-state index is 1.54. The third-order valence-corrected chi connectivity index (χ3v) is 5.67. The summed E-state index contributed by atoms with van der Waals surface area (Å²) in [6.45, 7) is 0. The second-order valence-electron chi connectivity index (χ2n) is 7.35. The lowest BCUT2D eigenvalue weighted by Crippen LogP contribution is -2.06. The number of hydrogen-bond acceptors (Lipinski definition) is 0. The molecule has 0 saturated heterocycles. The SMILES string of the molecule is C(CCCC1CCCCC1)CCCC1CCCCC1. The van der Waals surface area contributed by atoms with Gasteiger partial charge in [0.1, 0.15) is 0 Å². The molecule has 19 heavy (non-hydrogen) atoms. The lowest BCUT2D eigenvalue weighted by molar-refractivity contribution is 0.320. The van der Waals surface area contributed by atoms with Gasteiger partial charge in [-0.15, -0.1) is 0 Å². The molecule has 2 rings (SSSR count). The lowest BCUT2D eigenvalue weighted by atomic mass is 9.85. The van der Waals surface area contributed by atoms with E-state index in [0.717, 1.165) is 11.8 Å². The molecule has 0 nitrogen and oxygen atoms in total. The van der Waals surface area contributed by atoms with Crippen molar-refractivity contribution in [1.82, 2.24) is 0 Å². The van der Waals surface area contributed by atoms with Crippen LogP contribution >= 0.6 is 0 Å². The van der Waals surface area contributed by atoms with Crippen molar-refractivity contribution in [2.45, 2.75) is 109 Å². The van der Waals surface area contributed by atoms with Crippen LogP contribution in [0.3, 0.4) is 0 Å². The van der Waals surface area contributed by atoms with Crippen molar-refractivity contribution in [3.05, 3.63) is 0 Å². The maximum Gasteiger partial charge on any atom is -0.0414 e. The van der Waals surface area contributed by atoms with E-state index in [4.69, 9.17) is 0 Å². The van der Waals surface area contributed by atoms with Crippen molar-refractivity contribution in [1.29, 1.82) is 0 Å². The summed E-state index contributed by atoms with van der Waals surface area (Å²) in [5.41, 5.74) is 0. The molecule has 0 aromatic heterocycles. The minimum absolute atomic E-state index is 1.11. The van der Waals surface area contributed by atoms with E-state index in [9.17, 15) is 0 Å². The summed E-state index contributed by atoms with van der Waals surface area (Å²) in [6.07, 6.45) is 26.0. The number of hydrogen-bond donors (Lipinski definition) is 0. The molecule has 0 heteroatoms. The normalized spacial score (nSPS) is 22.7. The summed E-state index contributed by atoms with van der Waals surface area (Å²) in [5.74, 6) is 2.21. The van der Waals surface area contributed by atoms with Gasteiger partial charge in [-0.1, -0.05) is 109 Å². The van der Waals surface area contributed by atoms with Crippen molar-refractivity contribution in [3.8, 4) is 0 Å². The number of unbranched alkanes of at least 4 members (excludes halogenated alkanes) is 4. The Balaban J connectivity index is 1.35. The largest absolute Gasteiger partial charge is 0.0533 e. The molecule has 0 spiro atoms. The summed E-state index contributed by atoms with van der Waals surface area (Å²) in [7, 11) is 0. The second-order valence-corrected chi connectivity index (χ2v) is 7.35. The van der Waals surface area contributed by atoms with Crippen LogP contribution in [0.25, 0.3) is 0 Å². The summed E-state index contributed by atoms with van der Waals surface area (Å²) >= 11 is 0. The molecule has 0 aromatic carbocycles. The fraction of sp³-hybridized carbons (Fsp3) is 1.00. The molecule has 2 fully saturated rings. The molecule has 0 aliphatic heterocycles. The Kier molecular flexibility index (Phi) is 7.97. The average molecular weight is 264 g/mol. The van der Waals surface area contributed by atoms with Crippen molar-refractivity contribution >= 4 is 0 Å². The first-order valence-corrected chi connectivity index (χ1v) is 9.45. The first-order chi connectivity index (χ1) is 9.45. The van der Waals surface area contributed by atoms with E-state index >= 15 is 0 Å². The third kappa shape index (κ3) is 6.82. The Hall–Kier alpha value is 0. The van der Waals surface area contributed by atoms with Gasteiger partial charge >= 0.3 is 0 Å². The van der Waals surface area contributed by atoms with Crippen LogP contribution in [0.4, 0.5) is 0 Å². The van der Waals surface area contributed by atoms with Crippen LogP contribution in [0.1, 0.15) is 109 Å². The highest BCUT2D eigenvalue weighted by molar-refractivity contribution is 4.67. The molecular weight excluding hydrogens is 228 g/mol. The predicted octanol–water partition coefficient (Wildman–Crippen LogP) is 6.88. The van der Waals surface area contributed by atoms with Crippen LogP contribution in [-0.4, -0.2) is 0 Å². The predicted molar refractivity (Wildman–Crippen MR) is 85.5 cm³/mol. The minimum Gasteiger partial charge on any atom is -0.0533 e. The zero-order valence-corrected chi connectivity index (χ0v) is 13.2. The van der Waals surface area contributed by atoms with Gasteiger partial charge in [0, 0.05) is 0 Å². The molecule has 0 unspecified atom stereocenters. The van der Waals surface area contributed by atoms with Gasteiger partial charge in [-0.05, 0) is 11.8 Å². The van der Waals surface area contributed by atoms with Gasteiger partial charge in [-0.2, -0.15) is 0 Å². The Morgan fingerprint density at radius 2 is 0.789 bits per heavy atom. The second kappa shape index (κ2) is 9.83. The van der Waals surface area contributed by atoms with Crippen LogP contribution in [0.5, 0.6) is 0 Å². The molecular formula is C19H36. The van der Waals surface area contributed by atoms with E-state index < -0.39 is 0 Å². The van der Waals surface area contributed by atoms with Gasteiger partial charge in [0.15, 0.2) is 0 Å². The molecule has 2 aliphatic carbocycles. The average Bonchev–Trinajstić information content (AvgIpc) is 2.48. The van der Waals surface area contributed by atoms with Crippen LogP contribution < -0.4 is 0 Å². The fourth-order valence-corrected chi connectivity index (χ4v) is 4.35. The Morgan fingerprint density at radius 3 is 1.21 bits per heavy atom. The zero-order chi connectivity index (χ0) is 13.2. The van der Waals surface area contributed by atoms with Gasteiger partial charge in [0.25, 0.3) is 0 Å². The summed E-state index contributed by atoms with van der Waals surface area (Å²) in [6, 6.07) is 0. The van der Waals surface area contributed by atoms with Crippen molar-refractivity contribution in [3.63, 3.8) is 0 Å². The summed E-state index contributed by atoms with van der Waals surface area (Å²) in [5, 5.41) is 0. The Labute approximate surface area is 121 Å². The molecule has 2 aliphatic rings. The Bertz CT molecular complexity index is 174. The molecule has 2 saturated carbocycles. The molecule has 0 amide bonds. The van der Waals surface area contributed by atoms with Crippen LogP contribution in [0.15, 0.2) is 0 Å². The van der Waals surface area contributed by atoms with Gasteiger partial charge in [-0.25, -0.2) is 0 Å². The van der Waals surface area contributed by atoms with Crippen molar-refractivity contribution in [2.24, 2.45) is 11.8 Å². The monoisotopic (exact) mass is 264 g/mol. The van der Waals surface area contributed by atoms with Crippen LogP contribution in [0, 0.1) is 11.8 Å². The van der Waals surface area contributed by atoms with Gasteiger partial charge in [0.05, 0.1) is 0 Å². The highest BCUT2D eigenvalue weighted by Gasteiger charge is 2.13. The van der Waals surface area contributed by atoms with E-state index in [0.29, 0.717) is 0 Å². The van der Waals surface area contributed by atoms with Crippen molar-refractivity contribution < 1.29 is 0 Å². The molecule has 0 N–H and O–H groups in total. The zero-order valence-electron chi connectivity index (χ0n) is 13.2. The highest BCUT2D eigenvalue weighted by atomic mass is 14.2. The van der Waals surface area contributed by atoms with Gasteiger partial charge in [0.2, 0.25) is 0 Å². The van der Waals surface area contributed by atoms with E-state index in [1.54, 1.807) is 38.5 Å². The quantitative estimate of drug-likeness (QED) is 0.419. The van der Waals surface area contributed by atoms with Crippen LogP contribution in [0.2, 0.25) is 0 Å². The Morgan fingerprint density at radius 1 is 0.421 bits per heavy atom. The van der Waals surface area contributed by atoms with E-state index in [2.05, 4.69) is 0 Å². The van der Waals surface area contributed by atoms with Gasteiger partial charge < -0.3 is 0 Å². The van der Waals surface area contributed by atoms with E-state index in [1.807, 2.05) is 0 Å². The van der Waals surface area contributed by atoms with Crippen LogP contribution in [-0.2, 0) is 0 Å². The molecule has 0 bridgehead atoms. The van der Waals surface area contributed by atoms with Gasteiger partial charge in [-0.3, -0.25) is 0 Å². The molecule has 0 aromatic rings. The van der Waals surface area contributed by atoms with Crippen molar-refractivity contribution in [2.75, 3.05) is 0 Å². The topological polar surface area (TPSA) is 0 Å². The number of rotatable bonds is 8. The highest BCUT2D eigenvalue weighted by Crippen LogP contribution is 2.29. The first kappa shape index (κ1) is 15.4. The molecule has 0 heterocycles. The molecule has 0 radical (unpaired) electrons. The minimum atomic E-state index is 1.11. The lowest BCUT2D eigenvalue weighted by Gasteiger charge is -2.21. The summed E-state index contributed by atoms with van der Waals surface area (Å²) in [4.78, 5) is 0. The summed E-state index contributed by atoms with van der Waals surface area (Å²) < 4.78 is 0. The fourth-order valence-electron chi connectivity index (χ4n) is 4.35.